The van der Waals surface area contributed by atoms with Gasteiger partial charge in [0, 0.05) is 33.0 Å². The van der Waals surface area contributed by atoms with Crippen LogP contribution in [-0.2, 0) is 9.47 Å². The standard InChI is InChI=1S/C57H25F20N5O4/c1-5-85-56(83)23-13(3)53-27(30-37(62)45(70)51(76)46(71)38(30)63)18-10-9-16(79-18)25(28-33(58)41(66)49(74)42(67)34(28)59)15-7-8-17(78-15)26(29-35(60)43(68)50(75)44(69)36(29)61)20-12-22-54(81-20)32(31-39(64)47(72)52(77)48(73)40(31)65)55-14(4)24(57(84)86-6-2)21(82(22)55)11-19(23)80-53/h7-12,79-81H,5-6H2,1-4H3. The van der Waals surface area contributed by atoms with E-state index in [0.29, 0.717) is 30.4 Å². The van der Waals surface area contributed by atoms with Crippen LogP contribution in [0.2, 0.25) is 0 Å². The molecule has 0 spiro atoms. The predicted molar refractivity (Wildman–Crippen MR) is 261 cm³/mol. The summed E-state index contributed by atoms with van der Waals surface area (Å²) in [6.07, 6.45) is 1.88. The lowest BCUT2D eigenvalue weighted by atomic mass is 9.96. The highest BCUT2D eigenvalue weighted by molar-refractivity contribution is 6.30. The Hall–Kier alpha value is -9.83. The second-order valence-corrected chi connectivity index (χ2v) is 18.8. The molecule has 4 aromatic carbocycles. The Kier molecular flexibility index (Phi) is 13.8. The van der Waals surface area contributed by atoms with E-state index in [9.17, 15) is 27.2 Å². The van der Waals surface area contributed by atoms with Gasteiger partial charge in [-0.1, -0.05) is 0 Å². The fraction of sp³-hybridized carbons (Fsp3) is 0.105. The number of aromatic amines is 3. The molecule has 0 unspecified atom stereocenters. The number of aliphatic imine (C=N–C) groups is 1. The van der Waals surface area contributed by atoms with Gasteiger partial charge in [-0.05, 0) is 75.2 Å². The number of allylic oxidation sites excluding steroid dienone is 2. The lowest BCUT2D eigenvalue weighted by Gasteiger charge is -2.14. The Balaban J connectivity index is 1.48. The summed E-state index contributed by atoms with van der Waals surface area (Å²) in [7, 11) is 0. The molecule has 29 heteroatoms. The van der Waals surface area contributed by atoms with E-state index < -0.39 is 269 Å². The van der Waals surface area contributed by atoms with Crippen LogP contribution in [0.4, 0.5) is 87.8 Å². The second-order valence-electron chi connectivity index (χ2n) is 18.8. The summed E-state index contributed by atoms with van der Waals surface area (Å²) in [6.45, 7) is 3.50. The summed E-state index contributed by atoms with van der Waals surface area (Å²) >= 11 is 0. The van der Waals surface area contributed by atoms with Crippen molar-refractivity contribution in [1.29, 1.82) is 0 Å². The van der Waals surface area contributed by atoms with Gasteiger partial charge in [0.15, 0.2) is 93.1 Å². The van der Waals surface area contributed by atoms with Gasteiger partial charge in [-0.2, -0.15) is 0 Å². The quantitative estimate of drug-likeness (QED) is 0.0608. The van der Waals surface area contributed by atoms with Gasteiger partial charge >= 0.3 is 11.9 Å². The van der Waals surface area contributed by atoms with Gasteiger partial charge in [0.2, 0.25) is 23.3 Å². The number of fused-ring (bicyclic) bond motifs is 6. The Morgan fingerprint density at radius 1 is 0.465 bits per heavy atom. The van der Waals surface area contributed by atoms with Gasteiger partial charge in [-0.15, -0.1) is 0 Å². The van der Waals surface area contributed by atoms with Crippen molar-refractivity contribution >= 4 is 57.0 Å². The number of hydrogen-bond donors (Lipinski definition) is 3. The summed E-state index contributed by atoms with van der Waals surface area (Å²) in [5, 5.41) is -2.67. The highest BCUT2D eigenvalue weighted by Crippen LogP contribution is 2.46. The molecule has 9 nitrogen and oxygen atoms in total. The van der Waals surface area contributed by atoms with Gasteiger partial charge in [0.1, 0.15) is 0 Å². The molecule has 0 aliphatic carbocycles. The summed E-state index contributed by atoms with van der Waals surface area (Å²) < 4.78 is 326. The maximum Gasteiger partial charge on any atom is 0.340 e. The largest absolute Gasteiger partial charge is 0.462 e. The maximum absolute atomic E-state index is 16.5. The number of nitrogens with one attached hydrogen (secondary N) is 3. The number of rotatable bonds is 8. The molecule has 2 aliphatic rings. The third kappa shape index (κ3) is 8.04. The van der Waals surface area contributed by atoms with E-state index in [1.54, 1.807) is 0 Å². The van der Waals surface area contributed by atoms with Crippen LogP contribution >= 0.6 is 0 Å². The van der Waals surface area contributed by atoms with Crippen LogP contribution in [0.1, 0.15) is 79.5 Å². The number of carbonyl (C=O) groups is 2. The van der Waals surface area contributed by atoms with E-state index in [1.165, 1.54) is 13.8 Å². The number of H-pyrrole nitrogens is 3. The molecule has 7 heterocycles. The minimum absolute atomic E-state index is 0.497. The molecule has 8 bridgehead atoms. The number of carbonyl (C=O) groups excluding carboxylic acids is 2. The molecule has 0 fully saturated rings. The topological polar surface area (TPSA) is 117 Å². The van der Waals surface area contributed by atoms with Crippen molar-refractivity contribution in [2.24, 2.45) is 4.99 Å². The number of aromatic nitrogens is 4. The Bertz CT molecular complexity index is 4810. The molecule has 3 N–H and O–H groups in total. The zero-order valence-corrected chi connectivity index (χ0v) is 43.0. The molecule has 0 saturated carbocycles. The Morgan fingerprint density at radius 2 is 0.872 bits per heavy atom. The van der Waals surface area contributed by atoms with Gasteiger partial charge < -0.3 is 28.8 Å². The SMILES string of the molecule is CCOC(=O)c1c2[nH]c(c1C)C(c1c(F)c(F)c(F)c(F)c1F)=c1ccc([nH]1)=C(c1c(F)c(F)c(F)c(F)c1F)C1=NC(=C(c3c(F)c(F)c(F)c(F)c3F)c3cc4c([nH]3)c(-c3c(F)c(F)c(F)c(F)c3F)c3c(C)c(C(=O)OCC)c(n34)=C2)C=C1. The van der Waals surface area contributed by atoms with Crippen molar-refractivity contribution in [2.75, 3.05) is 13.2 Å². The van der Waals surface area contributed by atoms with Crippen LogP contribution in [0.25, 0.3) is 50.5 Å². The van der Waals surface area contributed by atoms with E-state index in [2.05, 4.69) is 19.9 Å². The average molecular weight is 1220 g/mol. The lowest BCUT2D eigenvalue weighted by Crippen LogP contribution is -2.23. The Labute approximate surface area is 463 Å². The molecule has 2 aliphatic heterocycles. The van der Waals surface area contributed by atoms with Crippen molar-refractivity contribution in [2.45, 2.75) is 27.7 Å². The molecule has 0 atom stereocenters. The third-order valence-corrected chi connectivity index (χ3v) is 14.2. The number of benzene rings is 4. The second kappa shape index (κ2) is 20.5. The number of halogens is 20. The van der Waals surface area contributed by atoms with Crippen LogP contribution < -0.4 is 16.0 Å². The smallest absolute Gasteiger partial charge is 0.340 e. The first-order chi connectivity index (χ1) is 40.6. The molecule has 5 aromatic heterocycles. The molecule has 0 amide bonds. The van der Waals surface area contributed by atoms with E-state index >= 15 is 70.2 Å². The van der Waals surface area contributed by atoms with Gasteiger partial charge in [0.25, 0.3) is 0 Å². The van der Waals surface area contributed by atoms with Gasteiger partial charge in [-0.3, -0.25) is 0 Å². The molecule has 0 radical (unpaired) electrons. The van der Waals surface area contributed by atoms with E-state index in [0.717, 1.165) is 24.3 Å². The zero-order valence-electron chi connectivity index (χ0n) is 43.0. The number of ether oxygens (including phenoxy) is 2. The van der Waals surface area contributed by atoms with Crippen molar-refractivity contribution < 1.29 is 107 Å². The number of esters is 2. The fourth-order valence-corrected chi connectivity index (χ4v) is 10.6. The first kappa shape index (κ1) is 58.0. The van der Waals surface area contributed by atoms with Gasteiger partial charge in [-0.25, -0.2) is 102 Å². The summed E-state index contributed by atoms with van der Waals surface area (Å²) in [4.78, 5) is 40.0. The van der Waals surface area contributed by atoms with Crippen LogP contribution in [0.3, 0.4) is 0 Å². The molecular formula is C57H25F20N5O4. The summed E-state index contributed by atoms with van der Waals surface area (Å²) in [5.74, 6) is -56.3. The summed E-state index contributed by atoms with van der Waals surface area (Å²) in [6, 6.07) is 1.94. The van der Waals surface area contributed by atoms with Gasteiger partial charge in [0.05, 0.1) is 97.0 Å². The first-order valence-corrected chi connectivity index (χ1v) is 24.4. The van der Waals surface area contributed by atoms with Crippen molar-refractivity contribution in [3.8, 4) is 11.1 Å². The normalized spacial score (nSPS) is 13.3. The lowest BCUT2D eigenvalue weighted by molar-refractivity contribution is 0.0516. The van der Waals surface area contributed by atoms with E-state index in [1.807, 2.05) is 0 Å². The predicted octanol–water partition coefficient (Wildman–Crippen LogP) is 12.3. The van der Waals surface area contributed by atoms with Crippen LogP contribution in [0.5, 0.6) is 0 Å². The minimum Gasteiger partial charge on any atom is -0.462 e. The van der Waals surface area contributed by atoms with Crippen LogP contribution in [0, 0.1) is 130 Å². The average Bonchev–Trinajstić information content (AvgIpc) is 2.04. The minimum atomic E-state index is -2.79. The first-order valence-electron chi connectivity index (χ1n) is 24.4. The third-order valence-electron chi connectivity index (χ3n) is 14.2. The number of hydrogen-bond acceptors (Lipinski definition) is 5. The highest BCUT2D eigenvalue weighted by Gasteiger charge is 2.39. The Morgan fingerprint density at radius 3 is 1.34 bits per heavy atom. The van der Waals surface area contributed by atoms with E-state index in [4.69, 9.17) is 9.47 Å². The molecule has 86 heavy (non-hydrogen) atoms. The maximum atomic E-state index is 16.5. The highest BCUT2D eigenvalue weighted by atomic mass is 19.2. The van der Waals surface area contributed by atoms with Crippen LogP contribution in [-0.4, -0.2) is 50.2 Å². The van der Waals surface area contributed by atoms with Crippen molar-refractivity contribution in [3.05, 3.63) is 224 Å². The zero-order chi connectivity index (χ0) is 62.5. The molecule has 11 rings (SSSR count). The van der Waals surface area contributed by atoms with E-state index in [-0.39, 0.29) is 0 Å². The molecule has 442 valence electrons. The van der Waals surface area contributed by atoms with Crippen LogP contribution in [0.15, 0.2) is 41.0 Å². The summed E-state index contributed by atoms with van der Waals surface area (Å²) in [5.41, 5.74) is -22.8. The fourth-order valence-electron chi connectivity index (χ4n) is 10.6. The molecule has 0 saturated heterocycles. The monoisotopic (exact) mass is 1220 g/mol. The number of nitrogens with zero attached hydrogens (tertiary/aromatic N) is 2. The van der Waals surface area contributed by atoms with Crippen molar-refractivity contribution in [1.82, 2.24) is 19.4 Å². The molecular weight excluding hydrogens is 1200 g/mol. The van der Waals surface area contributed by atoms with Crippen molar-refractivity contribution in [3.63, 3.8) is 0 Å². The molecule has 9 aromatic rings. The number of aryl methyl sites for hydroxylation is 1.